The van der Waals surface area contributed by atoms with Gasteiger partial charge < -0.3 is 23.8 Å². The van der Waals surface area contributed by atoms with Gasteiger partial charge in [-0.05, 0) is 52.1 Å². The molecule has 0 N–H and O–H groups in total. The molecule has 0 atom stereocenters. The van der Waals surface area contributed by atoms with Crippen molar-refractivity contribution >= 4 is 23.2 Å². The van der Waals surface area contributed by atoms with Crippen molar-refractivity contribution in [2.45, 2.75) is 26.4 Å². The summed E-state index contributed by atoms with van der Waals surface area (Å²) in [5.41, 5.74) is 1.68. The minimum Gasteiger partial charge on any atom is -0.497 e. The van der Waals surface area contributed by atoms with Crippen LogP contribution in [0, 0.1) is 0 Å². The van der Waals surface area contributed by atoms with Crippen molar-refractivity contribution in [2.75, 3.05) is 34.5 Å². The molecule has 1 aromatic carbocycles. The Morgan fingerprint density at radius 2 is 1.93 bits per heavy atom. The molecule has 148 valence electrons. The molecule has 0 aliphatic carbocycles. The lowest BCUT2D eigenvalue weighted by atomic mass is 10.1. The zero-order valence-electron chi connectivity index (χ0n) is 16.4. The first kappa shape index (κ1) is 20.6. The number of ether oxygens (including phenoxy) is 4. The fourth-order valence-corrected chi connectivity index (χ4v) is 2.52. The summed E-state index contributed by atoms with van der Waals surface area (Å²) < 4.78 is 21.2. The summed E-state index contributed by atoms with van der Waals surface area (Å²) in [4.78, 5) is 25.9. The van der Waals surface area contributed by atoms with Crippen molar-refractivity contribution in [3.8, 4) is 5.75 Å². The largest absolute Gasteiger partial charge is 0.511 e. The minimum atomic E-state index is -0.886. The molecule has 0 amide bonds. The van der Waals surface area contributed by atoms with Gasteiger partial charge in [-0.3, -0.25) is 4.57 Å². The molecular formula is C19H26N2O6. The Bertz CT molecular complexity index is 797. The molecule has 0 saturated carbocycles. The molecule has 0 fully saturated rings. The molecule has 0 saturated heterocycles. The highest BCUT2D eigenvalue weighted by atomic mass is 16.8. The topological polar surface area (TPSA) is 79.2 Å². The molecule has 0 aliphatic heterocycles. The summed E-state index contributed by atoms with van der Waals surface area (Å²) in [5, 5.41) is 0.940. The fraction of sp³-hybridized carbons (Fsp3) is 0.474. The number of carbonyl (C=O) groups is 2. The highest BCUT2D eigenvalue weighted by molar-refractivity contribution is 5.92. The molecule has 8 nitrogen and oxygen atoms in total. The molecule has 27 heavy (non-hydrogen) atoms. The first-order chi connectivity index (χ1) is 12.8. The van der Waals surface area contributed by atoms with E-state index in [1.807, 2.05) is 26.2 Å². The van der Waals surface area contributed by atoms with Crippen molar-refractivity contribution in [3.63, 3.8) is 0 Å². The van der Waals surface area contributed by atoms with Crippen LogP contribution >= 0.6 is 0 Å². The molecule has 1 heterocycles. The summed E-state index contributed by atoms with van der Waals surface area (Å²) in [6.45, 7) is 3.70. The Morgan fingerprint density at radius 1 is 1.19 bits per heavy atom. The van der Waals surface area contributed by atoms with Gasteiger partial charge in [-0.2, -0.15) is 0 Å². The van der Waals surface area contributed by atoms with Gasteiger partial charge in [0.15, 0.2) is 0 Å². The molecule has 0 unspecified atom stereocenters. The smallest absolute Gasteiger partial charge is 0.497 e. The third-order valence-electron chi connectivity index (χ3n) is 3.81. The van der Waals surface area contributed by atoms with Gasteiger partial charge >= 0.3 is 12.2 Å². The lowest BCUT2D eigenvalue weighted by molar-refractivity contribution is -0.0239. The van der Waals surface area contributed by atoms with Crippen LogP contribution in [0.5, 0.6) is 5.75 Å². The summed E-state index contributed by atoms with van der Waals surface area (Å²) in [5.74, 6) is 0.630. The summed E-state index contributed by atoms with van der Waals surface area (Å²) in [6, 6.07) is 5.53. The number of benzene rings is 1. The third-order valence-corrected chi connectivity index (χ3v) is 3.81. The Labute approximate surface area is 158 Å². The van der Waals surface area contributed by atoms with E-state index >= 15 is 0 Å². The second kappa shape index (κ2) is 9.27. The normalized spacial score (nSPS) is 11.1. The van der Waals surface area contributed by atoms with Gasteiger partial charge in [0.05, 0.1) is 18.7 Å². The maximum atomic E-state index is 12.5. The predicted octanol–water partition coefficient (Wildman–Crippen LogP) is 3.26. The molecule has 2 rings (SSSR count). The van der Waals surface area contributed by atoms with Crippen LogP contribution in [0.1, 0.15) is 19.4 Å². The molecule has 2 aromatic rings. The molecule has 0 aliphatic rings. The number of aromatic nitrogens is 1. The van der Waals surface area contributed by atoms with Crippen LogP contribution in [-0.4, -0.2) is 62.4 Å². The van der Waals surface area contributed by atoms with E-state index < -0.39 is 19.0 Å². The fourth-order valence-electron chi connectivity index (χ4n) is 2.52. The molecule has 8 heteroatoms. The first-order valence-electron chi connectivity index (χ1n) is 8.65. The van der Waals surface area contributed by atoms with E-state index in [1.54, 1.807) is 33.2 Å². The maximum absolute atomic E-state index is 12.5. The van der Waals surface area contributed by atoms with Gasteiger partial charge in [0.2, 0.25) is 6.79 Å². The Kier molecular flexibility index (Phi) is 7.06. The number of likely N-dealkylation sites (N-methyl/N-ethyl adjacent to an activating group) is 1. The van der Waals surface area contributed by atoms with Crippen LogP contribution in [0.3, 0.4) is 0 Å². The van der Waals surface area contributed by atoms with E-state index in [4.69, 9.17) is 18.9 Å². The highest BCUT2D eigenvalue weighted by Crippen LogP contribution is 2.26. The molecule has 0 bridgehead atoms. The highest BCUT2D eigenvalue weighted by Gasteiger charge is 2.17. The number of hydrogen-bond donors (Lipinski definition) is 0. The van der Waals surface area contributed by atoms with E-state index in [0.717, 1.165) is 23.9 Å². The average molecular weight is 378 g/mol. The number of methoxy groups -OCH3 is 1. The van der Waals surface area contributed by atoms with Crippen LogP contribution in [-0.2, 0) is 20.6 Å². The second-order valence-electron chi connectivity index (χ2n) is 6.55. The number of nitrogens with zero attached hydrogens (tertiary/aromatic N) is 2. The van der Waals surface area contributed by atoms with E-state index in [9.17, 15) is 9.59 Å². The van der Waals surface area contributed by atoms with Crippen molar-refractivity contribution in [2.24, 2.45) is 0 Å². The van der Waals surface area contributed by atoms with E-state index in [1.165, 1.54) is 4.57 Å². The molecule has 0 spiro atoms. The van der Waals surface area contributed by atoms with Crippen LogP contribution in [0.25, 0.3) is 10.9 Å². The van der Waals surface area contributed by atoms with Crippen molar-refractivity contribution in [3.05, 3.63) is 30.0 Å². The average Bonchev–Trinajstić information content (AvgIpc) is 2.97. The lowest BCUT2D eigenvalue weighted by Gasteiger charge is -2.09. The van der Waals surface area contributed by atoms with Crippen molar-refractivity contribution in [1.82, 2.24) is 9.47 Å². The first-order valence-corrected chi connectivity index (χ1v) is 8.65. The Hall–Kier alpha value is -2.74. The SMILES string of the molecule is COc1ccc2c(CCN(C)C)cn(C(=O)OCOC(=O)OC(C)C)c2c1. The van der Waals surface area contributed by atoms with Gasteiger partial charge in [0.25, 0.3) is 0 Å². The van der Waals surface area contributed by atoms with E-state index in [-0.39, 0.29) is 6.10 Å². The number of hydrogen-bond acceptors (Lipinski definition) is 7. The Balaban J connectivity index is 2.17. The number of fused-ring (bicyclic) bond motifs is 1. The lowest BCUT2D eigenvalue weighted by Crippen LogP contribution is -2.19. The number of rotatable bonds is 7. The molecule has 0 radical (unpaired) electrons. The summed E-state index contributed by atoms with van der Waals surface area (Å²) in [7, 11) is 5.54. The standard InChI is InChI=1S/C19H26N2O6/c1-13(2)27-19(23)26-12-25-18(22)21-11-14(8-9-20(3)4)16-7-6-15(24-5)10-17(16)21/h6-7,10-11,13H,8-9,12H2,1-5H3. The van der Waals surface area contributed by atoms with Gasteiger partial charge in [-0.25, -0.2) is 9.59 Å². The summed E-state index contributed by atoms with van der Waals surface area (Å²) >= 11 is 0. The van der Waals surface area contributed by atoms with Crippen LogP contribution in [0.2, 0.25) is 0 Å². The zero-order valence-corrected chi connectivity index (χ0v) is 16.4. The van der Waals surface area contributed by atoms with Crippen molar-refractivity contribution in [1.29, 1.82) is 0 Å². The maximum Gasteiger partial charge on any atom is 0.511 e. The third kappa shape index (κ3) is 5.62. The van der Waals surface area contributed by atoms with Gasteiger partial charge in [0, 0.05) is 24.2 Å². The van der Waals surface area contributed by atoms with Gasteiger partial charge in [-0.15, -0.1) is 0 Å². The quantitative estimate of drug-likeness (QED) is 0.540. The summed E-state index contributed by atoms with van der Waals surface area (Å²) in [6.07, 6.45) is 0.661. The number of carbonyl (C=O) groups excluding carboxylic acids is 2. The van der Waals surface area contributed by atoms with E-state index in [2.05, 4.69) is 4.90 Å². The Morgan fingerprint density at radius 3 is 2.56 bits per heavy atom. The minimum absolute atomic E-state index is 0.312. The van der Waals surface area contributed by atoms with Gasteiger partial charge in [-0.1, -0.05) is 0 Å². The molecule has 1 aromatic heterocycles. The van der Waals surface area contributed by atoms with Crippen molar-refractivity contribution < 1.29 is 28.5 Å². The van der Waals surface area contributed by atoms with Gasteiger partial charge in [0.1, 0.15) is 5.75 Å². The zero-order chi connectivity index (χ0) is 20.0. The molecular weight excluding hydrogens is 352 g/mol. The van der Waals surface area contributed by atoms with Crippen LogP contribution < -0.4 is 4.74 Å². The van der Waals surface area contributed by atoms with E-state index in [0.29, 0.717) is 11.3 Å². The van der Waals surface area contributed by atoms with Crippen LogP contribution in [0.15, 0.2) is 24.4 Å². The second-order valence-corrected chi connectivity index (χ2v) is 6.55. The van der Waals surface area contributed by atoms with Crippen LogP contribution in [0.4, 0.5) is 9.59 Å². The predicted molar refractivity (Wildman–Crippen MR) is 100 cm³/mol. The monoisotopic (exact) mass is 378 g/mol.